The fraction of sp³-hybridized carbons (Fsp3) is 0.250. The third-order valence-corrected chi connectivity index (χ3v) is 4.82. The Morgan fingerprint density at radius 1 is 1.22 bits per heavy atom. The first kappa shape index (κ1) is 18.9. The molecule has 0 saturated carbocycles. The van der Waals surface area contributed by atoms with Gasteiger partial charge in [-0.25, -0.2) is 4.79 Å². The minimum atomic E-state index is -0.479. The monoisotopic (exact) mass is 386 g/mol. The number of amides is 2. The van der Waals surface area contributed by atoms with Crippen molar-refractivity contribution in [2.24, 2.45) is 5.92 Å². The number of hydrogen-bond acceptors (Lipinski definition) is 4. The number of rotatable bonds is 5. The quantitative estimate of drug-likeness (QED) is 0.801. The number of hydrogen-bond donors (Lipinski definition) is 1. The van der Waals surface area contributed by atoms with Gasteiger partial charge in [0.05, 0.1) is 18.6 Å². The lowest BCUT2D eigenvalue weighted by Gasteiger charge is -2.17. The molecule has 0 aromatic heterocycles. The molecule has 1 N–H and O–H groups in total. The normalized spacial score (nSPS) is 16.3. The number of methoxy groups -OCH3 is 1. The number of nitrogens with one attached hydrogen (secondary N) is 1. The molecule has 1 unspecified atom stereocenters. The van der Waals surface area contributed by atoms with E-state index in [9.17, 15) is 14.4 Å². The van der Waals surface area contributed by atoms with Crippen molar-refractivity contribution >= 4 is 35.1 Å². The molecule has 1 saturated heterocycles. The summed E-state index contributed by atoms with van der Waals surface area (Å²) in [5, 5.41) is 3.36. The van der Waals surface area contributed by atoms with Crippen molar-refractivity contribution in [2.45, 2.75) is 13.0 Å². The van der Waals surface area contributed by atoms with Gasteiger partial charge in [-0.15, -0.1) is 0 Å². The Labute approximate surface area is 162 Å². The van der Waals surface area contributed by atoms with Gasteiger partial charge in [0.1, 0.15) is 0 Å². The number of ether oxygens (including phenoxy) is 1. The van der Waals surface area contributed by atoms with Crippen molar-refractivity contribution in [3.05, 3.63) is 64.7 Å². The van der Waals surface area contributed by atoms with Gasteiger partial charge in [-0.3, -0.25) is 9.59 Å². The minimum absolute atomic E-state index is 0.0848. The van der Waals surface area contributed by atoms with Crippen LogP contribution in [0.1, 0.15) is 22.3 Å². The number of esters is 1. The third-order valence-electron chi connectivity index (χ3n) is 4.46. The second-order valence-corrected chi connectivity index (χ2v) is 6.74. The van der Waals surface area contributed by atoms with E-state index in [1.54, 1.807) is 35.2 Å². The molecule has 1 atom stereocenters. The molecule has 6 nitrogen and oxygen atoms in total. The zero-order chi connectivity index (χ0) is 19.4. The first-order valence-corrected chi connectivity index (χ1v) is 8.86. The fourth-order valence-electron chi connectivity index (χ4n) is 3.02. The summed E-state index contributed by atoms with van der Waals surface area (Å²) in [5.74, 6) is -1.28. The highest BCUT2D eigenvalue weighted by Crippen LogP contribution is 2.24. The lowest BCUT2D eigenvalue weighted by atomic mass is 10.1. The van der Waals surface area contributed by atoms with Gasteiger partial charge >= 0.3 is 5.97 Å². The largest absolute Gasteiger partial charge is 0.465 e. The summed E-state index contributed by atoms with van der Waals surface area (Å²) >= 11 is 6.15. The second-order valence-electron chi connectivity index (χ2n) is 6.33. The maximum atomic E-state index is 12.5. The van der Waals surface area contributed by atoms with Gasteiger partial charge < -0.3 is 15.0 Å². The first-order valence-electron chi connectivity index (χ1n) is 8.48. The van der Waals surface area contributed by atoms with Crippen LogP contribution in [0.15, 0.2) is 48.5 Å². The molecule has 1 fully saturated rings. The molecule has 2 aromatic carbocycles. The molecule has 0 bridgehead atoms. The van der Waals surface area contributed by atoms with Gasteiger partial charge in [-0.1, -0.05) is 35.9 Å². The molecule has 27 heavy (non-hydrogen) atoms. The number of carbonyl (C=O) groups excluding carboxylic acids is 3. The van der Waals surface area contributed by atoms with Gasteiger partial charge in [0.15, 0.2) is 0 Å². The highest BCUT2D eigenvalue weighted by Gasteiger charge is 2.34. The Hall–Kier alpha value is -2.86. The molecule has 1 aliphatic heterocycles. The van der Waals surface area contributed by atoms with Crippen LogP contribution in [0.4, 0.5) is 5.69 Å². The van der Waals surface area contributed by atoms with Crippen molar-refractivity contribution in [3.63, 3.8) is 0 Å². The summed E-state index contributed by atoms with van der Waals surface area (Å²) in [6, 6.07) is 13.8. The van der Waals surface area contributed by atoms with E-state index in [4.69, 9.17) is 11.6 Å². The fourth-order valence-corrected chi connectivity index (χ4v) is 3.21. The number of anilines is 1. The molecule has 1 heterocycles. The third kappa shape index (κ3) is 4.46. The zero-order valence-corrected chi connectivity index (χ0v) is 15.5. The Balaban J connectivity index is 1.64. The van der Waals surface area contributed by atoms with E-state index in [1.165, 1.54) is 7.11 Å². The van der Waals surface area contributed by atoms with E-state index >= 15 is 0 Å². The molecule has 2 amide bonds. The van der Waals surface area contributed by atoms with E-state index in [1.807, 2.05) is 18.2 Å². The smallest absolute Gasteiger partial charge is 0.337 e. The number of nitrogens with zero attached hydrogens (tertiary/aromatic N) is 1. The van der Waals surface area contributed by atoms with E-state index < -0.39 is 11.9 Å². The molecule has 0 radical (unpaired) electrons. The van der Waals surface area contributed by atoms with Gasteiger partial charge in [-0.05, 0) is 29.8 Å². The summed E-state index contributed by atoms with van der Waals surface area (Å²) in [6.45, 7) is 0.701. The lowest BCUT2D eigenvalue weighted by molar-refractivity contribution is -0.128. The van der Waals surface area contributed by atoms with Crippen molar-refractivity contribution in [1.82, 2.24) is 4.90 Å². The lowest BCUT2D eigenvalue weighted by Crippen LogP contribution is -2.28. The van der Waals surface area contributed by atoms with Crippen molar-refractivity contribution < 1.29 is 19.1 Å². The molecular formula is C20H19ClN2O4. The average Bonchev–Trinajstić information content (AvgIpc) is 3.04. The zero-order valence-electron chi connectivity index (χ0n) is 14.8. The Kier molecular flexibility index (Phi) is 5.76. The van der Waals surface area contributed by atoms with Gasteiger partial charge in [0.25, 0.3) is 0 Å². The van der Waals surface area contributed by atoms with Crippen LogP contribution in [0.5, 0.6) is 0 Å². The highest BCUT2D eigenvalue weighted by molar-refractivity contribution is 6.31. The van der Waals surface area contributed by atoms with Crippen molar-refractivity contribution in [3.8, 4) is 0 Å². The maximum absolute atomic E-state index is 12.5. The molecular weight excluding hydrogens is 368 g/mol. The van der Waals surface area contributed by atoms with Gasteiger partial charge in [0.2, 0.25) is 11.8 Å². The van der Waals surface area contributed by atoms with E-state index in [0.717, 1.165) is 5.56 Å². The Bertz CT molecular complexity index is 884. The van der Waals surface area contributed by atoms with Crippen LogP contribution in [0.3, 0.4) is 0 Å². The molecule has 0 spiro atoms. The molecule has 140 valence electrons. The highest BCUT2D eigenvalue weighted by atomic mass is 35.5. The second kappa shape index (κ2) is 8.22. The van der Waals surface area contributed by atoms with Gasteiger partial charge in [0, 0.05) is 30.2 Å². The molecule has 0 aliphatic carbocycles. The van der Waals surface area contributed by atoms with Crippen molar-refractivity contribution in [2.75, 3.05) is 19.0 Å². The van der Waals surface area contributed by atoms with Crippen LogP contribution in [0, 0.1) is 5.92 Å². The van der Waals surface area contributed by atoms with Crippen LogP contribution in [-0.2, 0) is 20.9 Å². The average molecular weight is 387 g/mol. The summed E-state index contributed by atoms with van der Waals surface area (Å²) in [7, 11) is 1.30. The van der Waals surface area contributed by atoms with Gasteiger partial charge in [-0.2, -0.15) is 0 Å². The summed E-state index contributed by atoms with van der Waals surface area (Å²) < 4.78 is 4.68. The standard InChI is InChI=1S/C20H19ClN2O4/c1-27-20(26)13-6-4-7-16(9-13)22-19(25)15-10-18(24)23(12-15)11-14-5-2-3-8-17(14)21/h2-9,15H,10-12H2,1H3,(H,22,25). The summed E-state index contributed by atoms with van der Waals surface area (Å²) in [6.07, 6.45) is 0.146. The van der Waals surface area contributed by atoms with E-state index in [2.05, 4.69) is 10.1 Å². The molecule has 3 rings (SSSR count). The predicted molar refractivity (Wildman–Crippen MR) is 101 cm³/mol. The molecule has 2 aromatic rings. The summed E-state index contributed by atoms with van der Waals surface area (Å²) in [5.41, 5.74) is 1.68. The summed E-state index contributed by atoms with van der Waals surface area (Å²) in [4.78, 5) is 38.1. The van der Waals surface area contributed by atoms with E-state index in [-0.39, 0.29) is 18.2 Å². The predicted octanol–water partition coefficient (Wildman–Crippen LogP) is 3.11. The van der Waals surface area contributed by atoms with Crippen LogP contribution in [0.2, 0.25) is 5.02 Å². The topological polar surface area (TPSA) is 75.7 Å². The number of benzene rings is 2. The van der Waals surface area contributed by atoms with Crippen LogP contribution in [0.25, 0.3) is 0 Å². The van der Waals surface area contributed by atoms with Crippen LogP contribution >= 0.6 is 11.6 Å². The van der Waals surface area contributed by atoms with Crippen LogP contribution in [-0.4, -0.2) is 36.3 Å². The first-order chi connectivity index (χ1) is 13.0. The number of carbonyl (C=O) groups is 3. The maximum Gasteiger partial charge on any atom is 0.337 e. The molecule has 7 heteroatoms. The Morgan fingerprint density at radius 2 is 2.00 bits per heavy atom. The number of halogens is 1. The molecule has 1 aliphatic rings. The van der Waals surface area contributed by atoms with Crippen LogP contribution < -0.4 is 5.32 Å². The minimum Gasteiger partial charge on any atom is -0.465 e. The SMILES string of the molecule is COC(=O)c1cccc(NC(=O)C2CC(=O)N(Cc3ccccc3Cl)C2)c1. The Morgan fingerprint density at radius 3 is 2.74 bits per heavy atom. The van der Waals surface area contributed by atoms with E-state index in [0.29, 0.717) is 29.4 Å². The number of likely N-dealkylation sites (tertiary alicyclic amines) is 1. The van der Waals surface area contributed by atoms with Crippen molar-refractivity contribution in [1.29, 1.82) is 0 Å².